The van der Waals surface area contributed by atoms with Gasteiger partial charge >= 0.3 is 6.18 Å². The SMILES string of the molecule is Cc1c(Cl)cccc1-n1nc(C)c2c(C(F)(F)F)cc(=O)n(Cc3ccncc3)c21. The largest absolute Gasteiger partial charge is 0.417 e. The van der Waals surface area contributed by atoms with Gasteiger partial charge in [0.05, 0.1) is 28.9 Å². The molecule has 9 heteroatoms. The van der Waals surface area contributed by atoms with Crippen LogP contribution in [0.1, 0.15) is 22.4 Å². The average Bonchev–Trinajstić information content (AvgIpc) is 3.03. The predicted octanol–water partition coefficient (Wildman–Crippen LogP) is 4.92. The van der Waals surface area contributed by atoms with Gasteiger partial charge in [0, 0.05) is 23.5 Å². The zero-order valence-electron chi connectivity index (χ0n) is 16.0. The van der Waals surface area contributed by atoms with E-state index >= 15 is 0 Å². The smallest absolute Gasteiger partial charge is 0.288 e. The second-order valence-electron chi connectivity index (χ2n) is 6.92. The summed E-state index contributed by atoms with van der Waals surface area (Å²) in [5.74, 6) is 0. The number of halogens is 4. The minimum atomic E-state index is -4.70. The summed E-state index contributed by atoms with van der Waals surface area (Å²) >= 11 is 6.23. The fraction of sp³-hybridized carbons (Fsp3) is 0.190. The van der Waals surface area contributed by atoms with Crippen LogP contribution in [-0.2, 0) is 12.7 Å². The number of benzene rings is 1. The van der Waals surface area contributed by atoms with Crippen molar-refractivity contribution in [2.45, 2.75) is 26.6 Å². The van der Waals surface area contributed by atoms with E-state index in [0.717, 1.165) is 5.56 Å². The lowest BCUT2D eigenvalue weighted by molar-refractivity contribution is -0.136. The number of nitrogens with zero attached hydrogens (tertiary/aromatic N) is 4. The summed E-state index contributed by atoms with van der Waals surface area (Å²) in [6.45, 7) is 3.31. The van der Waals surface area contributed by atoms with E-state index in [1.807, 2.05) is 0 Å². The maximum Gasteiger partial charge on any atom is 0.417 e. The minimum absolute atomic E-state index is 0.0644. The van der Waals surface area contributed by atoms with Crippen molar-refractivity contribution in [3.63, 3.8) is 0 Å². The molecule has 0 saturated carbocycles. The van der Waals surface area contributed by atoms with Crippen molar-refractivity contribution in [1.29, 1.82) is 0 Å². The Kier molecular flexibility index (Phi) is 4.89. The van der Waals surface area contributed by atoms with Crippen LogP contribution in [0.5, 0.6) is 0 Å². The van der Waals surface area contributed by atoms with Crippen LogP contribution in [0.4, 0.5) is 13.2 Å². The van der Waals surface area contributed by atoms with Crippen molar-refractivity contribution < 1.29 is 13.2 Å². The first-order valence-corrected chi connectivity index (χ1v) is 9.41. The maximum atomic E-state index is 13.8. The third kappa shape index (κ3) is 3.37. The van der Waals surface area contributed by atoms with Crippen molar-refractivity contribution in [3.05, 3.63) is 86.6 Å². The molecule has 154 valence electrons. The zero-order valence-corrected chi connectivity index (χ0v) is 16.8. The van der Waals surface area contributed by atoms with Gasteiger partial charge in [0.1, 0.15) is 5.65 Å². The van der Waals surface area contributed by atoms with Gasteiger partial charge in [-0.2, -0.15) is 18.3 Å². The Balaban J connectivity index is 2.12. The van der Waals surface area contributed by atoms with Gasteiger partial charge in [-0.1, -0.05) is 17.7 Å². The molecular weight excluding hydrogens is 417 g/mol. The highest BCUT2D eigenvalue weighted by atomic mass is 35.5. The van der Waals surface area contributed by atoms with Crippen molar-refractivity contribution in [2.24, 2.45) is 0 Å². The zero-order chi connectivity index (χ0) is 21.6. The van der Waals surface area contributed by atoms with Crippen molar-refractivity contribution in [1.82, 2.24) is 19.3 Å². The second kappa shape index (κ2) is 7.28. The number of rotatable bonds is 3. The fourth-order valence-electron chi connectivity index (χ4n) is 3.50. The molecular formula is C21H16ClF3N4O. The van der Waals surface area contributed by atoms with Gasteiger partial charge in [-0.05, 0) is 49.2 Å². The Labute approximate surface area is 174 Å². The highest BCUT2D eigenvalue weighted by Gasteiger charge is 2.36. The summed E-state index contributed by atoms with van der Waals surface area (Å²) < 4.78 is 44.0. The van der Waals surface area contributed by atoms with Gasteiger partial charge < -0.3 is 0 Å². The average molecular weight is 433 g/mol. The Morgan fingerprint density at radius 3 is 2.47 bits per heavy atom. The lowest BCUT2D eigenvalue weighted by Gasteiger charge is -2.16. The molecule has 1 aromatic carbocycles. The topological polar surface area (TPSA) is 52.7 Å². The number of aromatic nitrogens is 4. The van der Waals surface area contributed by atoms with E-state index in [4.69, 9.17) is 11.6 Å². The Morgan fingerprint density at radius 2 is 1.80 bits per heavy atom. The van der Waals surface area contributed by atoms with Crippen LogP contribution >= 0.6 is 11.6 Å². The summed E-state index contributed by atoms with van der Waals surface area (Å²) in [6.07, 6.45) is -1.58. The Bertz CT molecular complexity index is 1310. The molecule has 0 bridgehead atoms. The first-order valence-electron chi connectivity index (χ1n) is 9.03. The molecule has 0 aliphatic carbocycles. The molecule has 0 atom stereocenters. The van der Waals surface area contributed by atoms with Gasteiger partial charge in [-0.3, -0.25) is 14.3 Å². The van der Waals surface area contributed by atoms with Crippen LogP contribution in [0.3, 0.4) is 0 Å². The van der Waals surface area contributed by atoms with Crippen LogP contribution in [-0.4, -0.2) is 19.3 Å². The van der Waals surface area contributed by atoms with Crippen LogP contribution in [0.15, 0.2) is 53.6 Å². The fourth-order valence-corrected chi connectivity index (χ4v) is 3.67. The van der Waals surface area contributed by atoms with Crippen LogP contribution in [0, 0.1) is 13.8 Å². The van der Waals surface area contributed by atoms with Gasteiger partial charge in [0.15, 0.2) is 0 Å². The molecule has 30 heavy (non-hydrogen) atoms. The molecule has 0 aliphatic rings. The molecule has 4 aromatic rings. The van der Waals surface area contributed by atoms with E-state index in [1.54, 1.807) is 49.6 Å². The predicted molar refractivity (Wildman–Crippen MR) is 108 cm³/mol. The third-order valence-electron chi connectivity index (χ3n) is 4.96. The van der Waals surface area contributed by atoms with Crippen LogP contribution in [0.25, 0.3) is 16.7 Å². The molecule has 0 fully saturated rings. The van der Waals surface area contributed by atoms with Crippen molar-refractivity contribution >= 4 is 22.6 Å². The van der Waals surface area contributed by atoms with E-state index in [-0.39, 0.29) is 23.3 Å². The molecule has 3 heterocycles. The standard InChI is InChI=1S/C21H16ClF3N4O/c1-12-16(22)4-3-5-17(12)29-20-19(13(2)27-29)15(21(23,24)25)10-18(30)28(20)11-14-6-8-26-9-7-14/h3-10H,11H2,1-2H3. The van der Waals surface area contributed by atoms with Gasteiger partial charge in [0.2, 0.25) is 0 Å². The van der Waals surface area contributed by atoms with E-state index in [1.165, 1.54) is 16.2 Å². The number of pyridine rings is 2. The molecule has 0 aliphatic heterocycles. The number of aryl methyl sites for hydroxylation is 1. The van der Waals surface area contributed by atoms with Crippen LogP contribution < -0.4 is 5.56 Å². The molecule has 0 N–H and O–H groups in total. The summed E-state index contributed by atoms with van der Waals surface area (Å²) in [6, 6.07) is 9.11. The summed E-state index contributed by atoms with van der Waals surface area (Å²) in [5, 5.41) is 4.70. The quantitative estimate of drug-likeness (QED) is 0.461. The van der Waals surface area contributed by atoms with Crippen molar-refractivity contribution in [2.75, 3.05) is 0 Å². The molecule has 0 saturated heterocycles. The monoisotopic (exact) mass is 432 g/mol. The van der Waals surface area contributed by atoms with Gasteiger partial charge in [-0.25, -0.2) is 4.68 Å². The number of hydrogen-bond donors (Lipinski definition) is 0. The Hall–Kier alpha value is -3.13. The lowest BCUT2D eigenvalue weighted by Crippen LogP contribution is -2.25. The normalized spacial score (nSPS) is 11.9. The molecule has 5 nitrogen and oxygen atoms in total. The van der Waals surface area contributed by atoms with E-state index in [9.17, 15) is 18.0 Å². The van der Waals surface area contributed by atoms with Gasteiger partial charge in [0.25, 0.3) is 5.56 Å². The molecule has 3 aromatic heterocycles. The lowest BCUT2D eigenvalue weighted by atomic mass is 10.1. The first kappa shape index (κ1) is 20.2. The molecule has 0 unspecified atom stereocenters. The summed E-state index contributed by atoms with van der Waals surface area (Å²) in [4.78, 5) is 16.8. The van der Waals surface area contributed by atoms with Gasteiger partial charge in [-0.15, -0.1) is 0 Å². The summed E-state index contributed by atoms with van der Waals surface area (Å²) in [5.41, 5.74) is 0.326. The minimum Gasteiger partial charge on any atom is -0.288 e. The third-order valence-corrected chi connectivity index (χ3v) is 5.37. The van der Waals surface area contributed by atoms with Crippen LogP contribution in [0.2, 0.25) is 5.02 Å². The van der Waals surface area contributed by atoms with E-state index in [2.05, 4.69) is 10.1 Å². The van der Waals surface area contributed by atoms with E-state index < -0.39 is 17.3 Å². The number of alkyl halides is 3. The maximum absolute atomic E-state index is 13.8. The number of fused-ring (bicyclic) bond motifs is 1. The highest BCUT2D eigenvalue weighted by molar-refractivity contribution is 6.31. The number of hydrogen-bond acceptors (Lipinski definition) is 3. The first-order chi connectivity index (χ1) is 14.2. The van der Waals surface area contributed by atoms with E-state index in [0.29, 0.717) is 22.3 Å². The molecule has 0 amide bonds. The molecule has 0 spiro atoms. The molecule has 0 radical (unpaired) electrons. The Morgan fingerprint density at radius 1 is 1.10 bits per heavy atom. The highest BCUT2D eigenvalue weighted by Crippen LogP contribution is 2.36. The summed E-state index contributed by atoms with van der Waals surface area (Å²) in [7, 11) is 0. The second-order valence-corrected chi connectivity index (χ2v) is 7.32. The molecule has 4 rings (SSSR count). The van der Waals surface area contributed by atoms with Crippen molar-refractivity contribution in [3.8, 4) is 5.69 Å².